The molecule has 1 aliphatic rings. The Labute approximate surface area is 172 Å². The number of amides is 3. The predicted molar refractivity (Wildman–Crippen MR) is 108 cm³/mol. The van der Waals surface area contributed by atoms with E-state index in [0.717, 1.165) is 27.9 Å². The number of alkyl halides is 2. The molecular weight excluding hydrogens is 390 g/mol. The van der Waals surface area contributed by atoms with Crippen LogP contribution in [-0.2, 0) is 23.3 Å². The maximum absolute atomic E-state index is 13.7. The van der Waals surface area contributed by atoms with E-state index in [1.54, 1.807) is 25.1 Å². The van der Waals surface area contributed by atoms with E-state index in [9.17, 15) is 18.4 Å². The van der Waals surface area contributed by atoms with Crippen LogP contribution < -0.4 is 5.32 Å². The van der Waals surface area contributed by atoms with Gasteiger partial charge in [0.15, 0.2) is 0 Å². The van der Waals surface area contributed by atoms with E-state index < -0.39 is 24.0 Å². The molecule has 1 atom stereocenters. The van der Waals surface area contributed by atoms with E-state index in [1.807, 2.05) is 24.3 Å². The third-order valence-corrected chi connectivity index (χ3v) is 5.51. The largest absolute Gasteiger partial charge is 0.325 e. The van der Waals surface area contributed by atoms with E-state index in [0.29, 0.717) is 11.1 Å². The van der Waals surface area contributed by atoms with Crippen molar-refractivity contribution in [2.45, 2.75) is 45.3 Å². The molecule has 156 valence electrons. The van der Waals surface area contributed by atoms with E-state index in [2.05, 4.69) is 17.2 Å². The highest BCUT2D eigenvalue weighted by Crippen LogP contribution is 2.31. The zero-order valence-corrected chi connectivity index (χ0v) is 16.7. The first-order valence-corrected chi connectivity index (χ1v) is 9.82. The van der Waals surface area contributed by atoms with Crippen LogP contribution in [0, 0.1) is 0 Å². The summed E-state index contributed by atoms with van der Waals surface area (Å²) < 4.78 is 28.1. The van der Waals surface area contributed by atoms with Crippen molar-refractivity contribution >= 4 is 23.0 Å². The summed E-state index contributed by atoms with van der Waals surface area (Å²) in [7, 11) is 0. The maximum atomic E-state index is 13.7. The molecule has 8 heteroatoms. The van der Waals surface area contributed by atoms with Gasteiger partial charge >= 0.3 is 12.6 Å². The molecule has 0 bridgehead atoms. The van der Waals surface area contributed by atoms with Crippen molar-refractivity contribution in [3.8, 4) is 0 Å². The van der Waals surface area contributed by atoms with Crippen LogP contribution in [0.1, 0.15) is 43.8 Å². The summed E-state index contributed by atoms with van der Waals surface area (Å²) in [6, 6.07) is 13.4. The molecule has 2 aromatic carbocycles. The number of imidazole rings is 1. The van der Waals surface area contributed by atoms with Gasteiger partial charge < -0.3 is 5.32 Å². The van der Waals surface area contributed by atoms with Crippen LogP contribution in [-0.4, -0.2) is 26.4 Å². The van der Waals surface area contributed by atoms with E-state index in [-0.39, 0.29) is 17.9 Å². The summed E-state index contributed by atoms with van der Waals surface area (Å²) in [5, 5.41) is 2.71. The highest BCUT2D eigenvalue weighted by Gasteiger charge is 2.49. The van der Waals surface area contributed by atoms with Gasteiger partial charge in [-0.2, -0.15) is 8.78 Å². The first-order valence-electron chi connectivity index (χ1n) is 9.82. The topological polar surface area (TPSA) is 67.2 Å². The zero-order chi connectivity index (χ0) is 21.5. The van der Waals surface area contributed by atoms with Gasteiger partial charge in [-0.3, -0.25) is 14.3 Å². The minimum Gasteiger partial charge on any atom is -0.319 e. The summed E-state index contributed by atoms with van der Waals surface area (Å²) in [5.41, 5.74) is 1.16. The van der Waals surface area contributed by atoms with Gasteiger partial charge in [0.1, 0.15) is 11.4 Å². The van der Waals surface area contributed by atoms with Gasteiger partial charge in [0, 0.05) is 0 Å². The summed E-state index contributed by atoms with van der Waals surface area (Å²) in [4.78, 5) is 31.0. The Kier molecular flexibility index (Phi) is 5.01. The van der Waals surface area contributed by atoms with Crippen molar-refractivity contribution in [3.05, 3.63) is 65.5 Å². The Morgan fingerprint density at radius 1 is 1.10 bits per heavy atom. The number of imide groups is 1. The quantitative estimate of drug-likeness (QED) is 0.612. The number of aryl methyl sites for hydroxylation is 1. The molecular formula is C22H22F2N4O2. The lowest BCUT2D eigenvalue weighted by Crippen LogP contribution is -2.40. The number of carbonyl (C=O) groups is 2. The molecule has 1 N–H and O–H groups in total. The highest BCUT2D eigenvalue weighted by atomic mass is 19.3. The lowest BCUT2D eigenvalue weighted by Gasteiger charge is -2.22. The maximum Gasteiger partial charge on any atom is 0.325 e. The number of para-hydroxylation sites is 2. The second kappa shape index (κ2) is 7.51. The fourth-order valence-electron chi connectivity index (χ4n) is 3.89. The van der Waals surface area contributed by atoms with E-state index in [4.69, 9.17) is 0 Å². The number of hydrogen-bond acceptors (Lipinski definition) is 3. The van der Waals surface area contributed by atoms with Gasteiger partial charge in [0.05, 0.1) is 17.6 Å². The summed E-state index contributed by atoms with van der Waals surface area (Å²) in [6.07, 6.45) is 1.93. The average molecular weight is 412 g/mol. The molecule has 0 saturated carbocycles. The van der Waals surface area contributed by atoms with Gasteiger partial charge in [0.25, 0.3) is 5.91 Å². The molecule has 1 saturated heterocycles. The number of nitrogens with zero attached hydrogens (tertiary/aromatic N) is 3. The summed E-state index contributed by atoms with van der Waals surface area (Å²) in [6.45, 7) is 0.525. The van der Waals surface area contributed by atoms with Gasteiger partial charge in [-0.1, -0.05) is 49.7 Å². The van der Waals surface area contributed by atoms with Crippen LogP contribution in [0.25, 0.3) is 11.0 Å². The van der Waals surface area contributed by atoms with Crippen molar-refractivity contribution in [1.82, 2.24) is 19.8 Å². The number of benzene rings is 2. The third kappa shape index (κ3) is 3.22. The van der Waals surface area contributed by atoms with Crippen LogP contribution in [0.15, 0.2) is 48.5 Å². The second-order valence-electron chi connectivity index (χ2n) is 7.56. The molecule has 1 fully saturated rings. The Hall–Kier alpha value is -3.29. The fourth-order valence-corrected chi connectivity index (χ4v) is 3.89. The average Bonchev–Trinajstić information content (AvgIpc) is 3.19. The zero-order valence-electron chi connectivity index (χ0n) is 16.7. The van der Waals surface area contributed by atoms with Crippen molar-refractivity contribution < 1.29 is 18.4 Å². The minimum atomic E-state index is -2.84. The lowest BCUT2D eigenvalue weighted by molar-refractivity contribution is -0.131. The van der Waals surface area contributed by atoms with Gasteiger partial charge in [-0.25, -0.2) is 9.78 Å². The molecule has 3 aromatic rings. The number of halogens is 2. The molecule has 1 unspecified atom stereocenters. The molecule has 30 heavy (non-hydrogen) atoms. The van der Waals surface area contributed by atoms with Crippen molar-refractivity contribution in [3.63, 3.8) is 0 Å². The van der Waals surface area contributed by atoms with E-state index >= 15 is 0 Å². The minimum absolute atomic E-state index is 0.0442. The Balaban J connectivity index is 1.65. The van der Waals surface area contributed by atoms with Crippen molar-refractivity contribution in [2.75, 3.05) is 0 Å². The fraction of sp³-hybridized carbons (Fsp3) is 0.318. The molecule has 6 nitrogen and oxygen atoms in total. The molecule has 0 aliphatic carbocycles. The summed E-state index contributed by atoms with van der Waals surface area (Å²) in [5.74, 6) is -0.541. The normalized spacial score (nSPS) is 19.2. The number of nitrogens with one attached hydrogen (secondary N) is 1. The smallest absolute Gasteiger partial charge is 0.319 e. The van der Waals surface area contributed by atoms with Crippen molar-refractivity contribution in [1.29, 1.82) is 0 Å². The molecule has 0 spiro atoms. The molecule has 0 radical (unpaired) electrons. The van der Waals surface area contributed by atoms with Gasteiger partial charge in [-0.15, -0.1) is 0 Å². The van der Waals surface area contributed by atoms with Gasteiger partial charge in [-0.05, 0) is 36.6 Å². The highest BCUT2D eigenvalue weighted by molar-refractivity contribution is 6.07. The Morgan fingerprint density at radius 3 is 2.47 bits per heavy atom. The summed E-state index contributed by atoms with van der Waals surface area (Å²) >= 11 is 0. The van der Waals surface area contributed by atoms with Crippen LogP contribution in [0.2, 0.25) is 0 Å². The Morgan fingerprint density at radius 2 is 1.80 bits per heavy atom. The van der Waals surface area contributed by atoms with Crippen molar-refractivity contribution in [2.24, 2.45) is 0 Å². The van der Waals surface area contributed by atoms with Crippen LogP contribution in [0.3, 0.4) is 0 Å². The number of hydrogen-bond donors (Lipinski definition) is 1. The van der Waals surface area contributed by atoms with Gasteiger partial charge in [0.2, 0.25) is 0 Å². The first kappa shape index (κ1) is 20.0. The van der Waals surface area contributed by atoms with E-state index in [1.165, 1.54) is 6.07 Å². The number of urea groups is 1. The molecule has 3 amide bonds. The number of aromatic nitrogens is 2. The predicted octanol–water partition coefficient (Wildman–Crippen LogP) is 4.35. The van der Waals surface area contributed by atoms with Crippen LogP contribution >= 0.6 is 0 Å². The number of carbonyl (C=O) groups excluding carboxylic acids is 2. The SMILES string of the molecule is CCCc1ccc(C2(C)NC(=O)N(Cc3nc4ccccc4n3C(F)F)C2=O)cc1. The monoisotopic (exact) mass is 412 g/mol. The molecule has 1 aliphatic heterocycles. The van der Waals surface area contributed by atoms with Crippen LogP contribution in [0.5, 0.6) is 0 Å². The number of fused-ring (bicyclic) bond motifs is 1. The standard InChI is InChI=1S/C22H22F2N4O2/c1-3-6-14-9-11-15(12-10-14)22(2)19(29)27(21(30)26-22)13-18-25-16-7-4-5-8-17(16)28(18)20(23)24/h4-5,7-12,20H,3,6,13H2,1-2H3,(H,26,30). The number of rotatable bonds is 6. The molecule has 4 rings (SSSR count). The third-order valence-electron chi connectivity index (χ3n) is 5.51. The molecule has 1 aromatic heterocycles. The molecule has 2 heterocycles. The Bertz CT molecular complexity index is 1110. The lowest BCUT2D eigenvalue weighted by atomic mass is 9.91. The van der Waals surface area contributed by atoms with Crippen LogP contribution in [0.4, 0.5) is 13.6 Å². The second-order valence-corrected chi connectivity index (χ2v) is 7.56. The first-order chi connectivity index (χ1) is 14.3.